The molecule has 0 heterocycles. The molecule has 0 aliphatic rings. The predicted molar refractivity (Wildman–Crippen MR) is 309 cm³/mol. The van der Waals surface area contributed by atoms with E-state index in [-0.39, 0.29) is 43.0 Å². The molecule has 0 saturated heterocycles. The highest BCUT2D eigenvalue weighted by Gasteiger charge is 2.33. The Morgan fingerprint density at radius 3 is 1.38 bits per heavy atom. The number of nitrogens with zero attached hydrogens (tertiary/aromatic N) is 3. The normalized spacial score (nSPS) is 13.5. The molecule has 0 amide bonds. The van der Waals surface area contributed by atoms with Crippen molar-refractivity contribution in [2.24, 2.45) is 17.6 Å². The molecule has 396 valence electrons. The van der Waals surface area contributed by atoms with E-state index in [2.05, 4.69) is 151 Å². The number of aliphatic hydroxyl groups is 3. The van der Waals surface area contributed by atoms with Crippen molar-refractivity contribution in [3.8, 4) is 0 Å². The van der Waals surface area contributed by atoms with Crippen molar-refractivity contribution >= 4 is 44.2 Å². The zero-order chi connectivity index (χ0) is 55.9. The smallest absolute Gasteiger partial charge is 0.209 e. The lowest BCUT2D eigenvalue weighted by molar-refractivity contribution is -0.538. The Bertz CT molecular complexity index is 2010. The summed E-state index contributed by atoms with van der Waals surface area (Å²) in [6.07, 6.45) is 1.54. The van der Waals surface area contributed by atoms with E-state index in [4.69, 9.17) is 27.0 Å². The summed E-state index contributed by atoms with van der Waals surface area (Å²) in [5.41, 5.74) is 8.46. The van der Waals surface area contributed by atoms with Crippen LogP contribution in [-0.4, -0.2) is 128 Å². The Hall–Kier alpha value is -3.18. The fraction of sp³-hybridized carbons (Fsp3) is 0.554. The van der Waals surface area contributed by atoms with Gasteiger partial charge in [-0.25, -0.2) is 4.74 Å². The summed E-state index contributed by atoms with van der Waals surface area (Å²) in [7, 11) is 6.54. The van der Waals surface area contributed by atoms with Crippen LogP contribution in [-0.2, 0) is 14.9 Å². The number of hydrogen-bond acceptors (Lipinski definition) is 12. The first-order valence-corrected chi connectivity index (χ1v) is 26.0. The van der Waals surface area contributed by atoms with Gasteiger partial charge in [-0.2, -0.15) is 0 Å². The van der Waals surface area contributed by atoms with E-state index in [1.807, 2.05) is 68.4 Å². The number of nitrogens with two attached hydrogens (primary N) is 1. The highest BCUT2D eigenvalue weighted by atomic mass is 32.2. The van der Waals surface area contributed by atoms with Gasteiger partial charge in [0, 0.05) is 60.2 Å². The van der Waals surface area contributed by atoms with Gasteiger partial charge in [0.2, 0.25) is 14.2 Å². The Balaban J connectivity index is 0.000000919. The lowest BCUT2D eigenvalue weighted by atomic mass is 9.90. The second-order valence-corrected chi connectivity index (χ2v) is 22.5. The quantitative estimate of drug-likeness (QED) is 0.00866. The number of rotatable bonds is 24. The van der Waals surface area contributed by atoms with Crippen LogP contribution < -0.4 is 11.1 Å². The second-order valence-electron chi connectivity index (χ2n) is 21.6. The molecule has 4 aromatic carbocycles. The zero-order valence-corrected chi connectivity index (χ0v) is 47.8. The molecule has 6 N–H and O–H groups in total. The maximum Gasteiger partial charge on any atom is 0.209 e. The molecule has 2 unspecified atom stereocenters. The molecular formula is C56H93B2N5O6S2. The fourth-order valence-electron chi connectivity index (χ4n) is 6.64. The van der Waals surface area contributed by atoms with Crippen LogP contribution in [0.5, 0.6) is 0 Å². The van der Waals surface area contributed by atoms with Crippen LogP contribution in [0.25, 0.3) is 0 Å². The molecule has 0 spiro atoms. The molecule has 0 aliphatic heterocycles. The molecule has 2 atom stereocenters. The van der Waals surface area contributed by atoms with Crippen LogP contribution in [0.4, 0.5) is 0 Å². The van der Waals surface area contributed by atoms with Crippen LogP contribution in [0.2, 0.25) is 0 Å². The molecule has 0 aromatic heterocycles. The molecular weight excluding hydrogens is 924 g/mol. The topological polar surface area (TPSA) is 150 Å². The first-order chi connectivity index (χ1) is 34.1. The maximum absolute atomic E-state index is 11.9. The molecule has 0 fully saturated rings. The van der Waals surface area contributed by atoms with Crippen molar-refractivity contribution in [1.82, 2.24) is 15.1 Å². The standard InChI is InChI=1S/C15H25BNOS.C15H25NO.C11H15BNO2S.C11H17NO.C4H11NO/c1-12(2)14(13-9-7-6-8-10-13)17(5)15(3,4)11-18-19-16;1-12(2)14(13-9-7-6-8-10-13)16(5)15(3,4)11-17;1-11(2,9-15-16-12)13(14)8-10-6-4-3-5-7-10;1-11(2,9-13)12-8-10-6-4-3-5-7-10;1-4(2,5)3-6/h6-10,12,14,16H,11H2,1-5H3;6-10,12,14,17H,11H2,1-5H3;3-8,12H,9H2,1-2H3;3-7,12-13H,8-9H2,1-2H3;6H,3,5H2,1-2H3/b;;13-8-;;/i16T;;12T;;. The van der Waals surface area contributed by atoms with Gasteiger partial charge in [-0.15, -0.1) is 0 Å². The van der Waals surface area contributed by atoms with Crippen LogP contribution in [0, 0.1) is 17.0 Å². The molecule has 4 rings (SSSR count). The zero-order valence-electron chi connectivity index (χ0n) is 48.1. The lowest BCUT2D eigenvalue weighted by Crippen LogP contribution is -2.47. The summed E-state index contributed by atoms with van der Waals surface area (Å²) in [6, 6.07) is 41.4. The van der Waals surface area contributed by atoms with Crippen molar-refractivity contribution in [1.29, 1.82) is 2.67 Å². The van der Waals surface area contributed by atoms with Gasteiger partial charge in [-0.05, 0) is 113 Å². The molecule has 15 heteroatoms. The molecule has 2 radical (unpaired) electrons. The molecule has 0 saturated carbocycles. The average molecular weight is 1020 g/mol. The third-order valence-electron chi connectivity index (χ3n) is 11.7. The van der Waals surface area contributed by atoms with Gasteiger partial charge in [0.05, 0.1) is 26.4 Å². The third kappa shape index (κ3) is 28.2. The van der Waals surface area contributed by atoms with E-state index < -0.39 is 11.1 Å². The van der Waals surface area contributed by atoms with E-state index in [0.717, 1.165) is 47.7 Å². The SMILES string of the molecule is CC(C)(CO)NCc1ccccc1.CC(C)(N)CO.CC(C)C(c1ccccc1)N(C)C(C)(C)CO.[3H][B]SOCC(C)(C)/[N+]([O-])=C/c1ccccc1.[3H][B]SOCC(C)(C)N(C)C(c1ccccc1)C(C)C. The highest BCUT2D eigenvalue weighted by molar-refractivity contribution is 8.16. The summed E-state index contributed by atoms with van der Waals surface area (Å²) >= 11 is 2.00. The summed E-state index contributed by atoms with van der Waals surface area (Å²) in [6.45, 7) is 30.5. The van der Waals surface area contributed by atoms with Crippen molar-refractivity contribution < 1.29 is 28.4 Å². The molecule has 71 heavy (non-hydrogen) atoms. The lowest BCUT2D eigenvalue weighted by Gasteiger charge is -2.42. The Labute approximate surface area is 445 Å². The average Bonchev–Trinajstić information content (AvgIpc) is 3.35. The Morgan fingerprint density at radius 2 is 1.01 bits per heavy atom. The largest absolute Gasteiger partial charge is 0.623 e. The second kappa shape index (κ2) is 34.3. The van der Waals surface area contributed by atoms with Crippen molar-refractivity contribution in [2.75, 3.05) is 47.1 Å². The van der Waals surface area contributed by atoms with Gasteiger partial charge in [0.15, 0.2) is 11.8 Å². The van der Waals surface area contributed by atoms with Gasteiger partial charge in [0.1, 0.15) is 6.61 Å². The molecule has 0 aliphatic carbocycles. The van der Waals surface area contributed by atoms with E-state index in [0.29, 0.717) is 30.5 Å². The number of benzene rings is 4. The summed E-state index contributed by atoms with van der Waals surface area (Å²) < 4.78 is 25.3. The van der Waals surface area contributed by atoms with Crippen LogP contribution in [0.1, 0.15) is 131 Å². The van der Waals surface area contributed by atoms with Gasteiger partial charge in [-0.1, -0.05) is 161 Å². The van der Waals surface area contributed by atoms with E-state index in [1.165, 1.54) is 23.8 Å². The molecule has 4 aromatic rings. The first kappa shape index (κ1) is 63.9. The van der Waals surface area contributed by atoms with Crippen molar-refractivity contribution in [3.63, 3.8) is 0 Å². The van der Waals surface area contributed by atoms with Crippen molar-refractivity contribution in [2.45, 2.75) is 143 Å². The first-order valence-electron chi connectivity index (χ1n) is 25.5. The molecule has 11 nitrogen and oxygen atoms in total. The van der Waals surface area contributed by atoms with Crippen molar-refractivity contribution in [3.05, 3.63) is 149 Å². The summed E-state index contributed by atoms with van der Waals surface area (Å²) in [5, 5.41) is 42.0. The Kier molecular flexibility index (Phi) is 30.9. The minimum absolute atomic E-state index is 0.0486. The number of likely N-dealkylation sites (N-methyl/N-ethyl adjacent to an activating group) is 2. The Morgan fingerprint density at radius 1 is 0.634 bits per heavy atom. The van der Waals surface area contributed by atoms with Gasteiger partial charge in [0.25, 0.3) is 0 Å². The van der Waals surface area contributed by atoms with Gasteiger partial charge < -0.3 is 39.9 Å². The number of hydroxylamine groups is 1. The minimum atomic E-state index is -0.661. The number of nitrogens with one attached hydrogen (secondary N) is 1. The van der Waals surface area contributed by atoms with Gasteiger partial charge in [-0.3, -0.25) is 9.80 Å². The summed E-state index contributed by atoms with van der Waals surface area (Å²) in [5.74, 6) is 1.02. The monoisotopic (exact) mass is 1020 g/mol. The van der Waals surface area contributed by atoms with E-state index in [9.17, 15) is 10.3 Å². The van der Waals surface area contributed by atoms with Crippen LogP contribution in [0.3, 0.4) is 0 Å². The number of hydrogen-bond donors (Lipinski definition) is 5. The number of aliphatic hydroxyl groups excluding tert-OH is 3. The van der Waals surface area contributed by atoms with E-state index in [1.54, 1.807) is 33.9 Å². The molecule has 0 bridgehead atoms. The minimum Gasteiger partial charge on any atom is -0.623 e. The van der Waals surface area contributed by atoms with Gasteiger partial charge >= 0.3 is 0 Å². The fourth-order valence-corrected chi connectivity index (χ4v) is 7.35. The van der Waals surface area contributed by atoms with Crippen LogP contribution in [0.15, 0.2) is 121 Å². The highest BCUT2D eigenvalue weighted by Crippen LogP contribution is 2.34. The maximum atomic E-state index is 11.9. The van der Waals surface area contributed by atoms with E-state index >= 15 is 0 Å². The predicted octanol–water partition coefficient (Wildman–Crippen LogP) is 9.80. The van der Waals surface area contributed by atoms with Crippen LogP contribution >= 0.6 is 23.8 Å². The third-order valence-corrected chi connectivity index (χ3v) is 12.2. The summed E-state index contributed by atoms with van der Waals surface area (Å²) in [4.78, 5) is 4.64.